The van der Waals surface area contributed by atoms with E-state index in [2.05, 4.69) is 31.1 Å². The molecule has 0 radical (unpaired) electrons. The molecule has 1 aromatic rings. The average molecular weight is 252 g/mol. The molecule has 1 saturated heterocycles. The second kappa shape index (κ2) is 4.04. The van der Waals surface area contributed by atoms with E-state index in [4.69, 9.17) is 4.74 Å². The van der Waals surface area contributed by atoms with Gasteiger partial charge in [0.1, 0.15) is 5.01 Å². The van der Waals surface area contributed by atoms with Crippen LogP contribution in [0.25, 0.3) is 0 Å². The van der Waals surface area contributed by atoms with Gasteiger partial charge in [0.25, 0.3) is 0 Å². The van der Waals surface area contributed by atoms with Crippen LogP contribution in [0.1, 0.15) is 38.2 Å². The Balaban J connectivity index is 1.69. The van der Waals surface area contributed by atoms with E-state index in [1.807, 2.05) is 11.6 Å². The molecule has 0 bridgehead atoms. The zero-order valence-electron chi connectivity index (χ0n) is 10.6. The van der Waals surface area contributed by atoms with E-state index in [-0.39, 0.29) is 5.41 Å². The van der Waals surface area contributed by atoms with Crippen molar-refractivity contribution in [2.45, 2.75) is 45.4 Å². The molecule has 4 unspecified atom stereocenters. The average Bonchev–Trinajstić information content (AvgIpc) is 2.95. The number of nitrogens with zero attached hydrogens (tertiary/aromatic N) is 1. The third kappa shape index (κ3) is 1.74. The van der Waals surface area contributed by atoms with Crippen LogP contribution in [0.5, 0.6) is 0 Å². The third-order valence-corrected chi connectivity index (χ3v) is 5.31. The summed E-state index contributed by atoms with van der Waals surface area (Å²) in [6, 6.07) is 0.912. The van der Waals surface area contributed by atoms with Crippen molar-refractivity contribution >= 4 is 11.3 Å². The van der Waals surface area contributed by atoms with E-state index in [0.29, 0.717) is 24.1 Å². The maximum absolute atomic E-state index is 5.82. The van der Waals surface area contributed by atoms with Gasteiger partial charge in [-0.05, 0) is 13.3 Å². The number of nitrogens with one attached hydrogen (secondary N) is 1. The lowest BCUT2D eigenvalue weighted by Crippen LogP contribution is -2.66. The Morgan fingerprint density at radius 1 is 1.59 bits per heavy atom. The highest BCUT2D eigenvalue weighted by atomic mass is 32.1. The van der Waals surface area contributed by atoms with Crippen molar-refractivity contribution in [3.05, 3.63) is 16.6 Å². The van der Waals surface area contributed by atoms with E-state index in [1.54, 1.807) is 11.3 Å². The smallest absolute Gasteiger partial charge is 0.109 e. The molecule has 1 aliphatic carbocycles. The number of rotatable bonds is 3. The topological polar surface area (TPSA) is 34.1 Å². The summed E-state index contributed by atoms with van der Waals surface area (Å²) in [5, 5.41) is 6.97. The molecule has 17 heavy (non-hydrogen) atoms. The number of hydrogen-bond donors (Lipinski definition) is 1. The predicted molar refractivity (Wildman–Crippen MR) is 69.1 cm³/mol. The van der Waals surface area contributed by atoms with Crippen molar-refractivity contribution in [3.8, 4) is 0 Å². The second-order valence-corrected chi connectivity index (χ2v) is 6.73. The van der Waals surface area contributed by atoms with Gasteiger partial charge >= 0.3 is 0 Å². The first kappa shape index (κ1) is 11.6. The van der Waals surface area contributed by atoms with E-state index in [9.17, 15) is 0 Å². The highest BCUT2D eigenvalue weighted by Gasteiger charge is 2.59. The van der Waals surface area contributed by atoms with Gasteiger partial charge in [-0.25, -0.2) is 4.98 Å². The van der Waals surface area contributed by atoms with Crippen molar-refractivity contribution < 1.29 is 4.74 Å². The van der Waals surface area contributed by atoms with Crippen LogP contribution in [0.3, 0.4) is 0 Å². The largest absolute Gasteiger partial charge is 0.377 e. The summed E-state index contributed by atoms with van der Waals surface area (Å²) in [6.07, 6.45) is 3.55. The van der Waals surface area contributed by atoms with Gasteiger partial charge in [0, 0.05) is 35.6 Å². The molecule has 0 spiro atoms. The van der Waals surface area contributed by atoms with E-state index < -0.39 is 0 Å². The first-order valence-corrected chi connectivity index (χ1v) is 7.25. The number of ether oxygens (including phenoxy) is 1. The standard InChI is InChI=1S/C13H20N2OS/c1-8(12-14-5-7-17-12)15-10-9-4-6-16-11(9)13(10,2)3/h5,7-11,15H,4,6H2,1-3H3. The van der Waals surface area contributed by atoms with Gasteiger partial charge in [0.05, 0.1) is 12.1 Å². The summed E-state index contributed by atoms with van der Waals surface area (Å²) in [5.41, 5.74) is 0.257. The Morgan fingerprint density at radius 2 is 2.41 bits per heavy atom. The van der Waals surface area contributed by atoms with Crippen molar-refractivity contribution in [3.63, 3.8) is 0 Å². The van der Waals surface area contributed by atoms with Crippen LogP contribution < -0.4 is 5.32 Å². The molecule has 1 aliphatic heterocycles. The molecule has 94 valence electrons. The van der Waals surface area contributed by atoms with Gasteiger partial charge in [-0.15, -0.1) is 11.3 Å². The Labute approximate surface area is 107 Å². The van der Waals surface area contributed by atoms with Crippen LogP contribution in [-0.2, 0) is 4.74 Å². The first-order valence-electron chi connectivity index (χ1n) is 6.37. The Bertz CT molecular complexity index is 390. The van der Waals surface area contributed by atoms with Crippen LogP contribution in [0, 0.1) is 11.3 Å². The lowest BCUT2D eigenvalue weighted by atomic mass is 9.57. The molecule has 0 amide bonds. The number of fused-ring (bicyclic) bond motifs is 1. The minimum absolute atomic E-state index is 0.257. The van der Waals surface area contributed by atoms with Gasteiger partial charge in [-0.3, -0.25) is 0 Å². The first-order chi connectivity index (χ1) is 8.10. The van der Waals surface area contributed by atoms with Crippen molar-refractivity contribution in [1.82, 2.24) is 10.3 Å². The molecule has 4 heteroatoms. The maximum Gasteiger partial charge on any atom is 0.109 e. The van der Waals surface area contributed by atoms with Gasteiger partial charge in [0.15, 0.2) is 0 Å². The lowest BCUT2D eigenvalue weighted by Gasteiger charge is -2.55. The molecular formula is C13H20N2OS. The van der Waals surface area contributed by atoms with Gasteiger partial charge in [-0.2, -0.15) is 0 Å². The van der Waals surface area contributed by atoms with Crippen LogP contribution in [-0.4, -0.2) is 23.7 Å². The number of hydrogen-bond acceptors (Lipinski definition) is 4. The Kier molecular flexibility index (Phi) is 2.76. The molecule has 2 fully saturated rings. The van der Waals surface area contributed by atoms with Crippen LogP contribution >= 0.6 is 11.3 Å². The lowest BCUT2D eigenvalue weighted by molar-refractivity contribution is -0.115. The zero-order chi connectivity index (χ0) is 12.0. The van der Waals surface area contributed by atoms with Gasteiger partial charge in [-0.1, -0.05) is 13.8 Å². The normalized spacial score (nSPS) is 36.3. The maximum atomic E-state index is 5.82. The second-order valence-electron chi connectivity index (χ2n) is 5.80. The van der Waals surface area contributed by atoms with Crippen molar-refractivity contribution in [2.24, 2.45) is 11.3 Å². The zero-order valence-corrected chi connectivity index (χ0v) is 11.5. The minimum atomic E-state index is 0.257. The van der Waals surface area contributed by atoms with Crippen LogP contribution in [0.4, 0.5) is 0 Å². The highest BCUT2D eigenvalue weighted by molar-refractivity contribution is 7.09. The van der Waals surface area contributed by atoms with Gasteiger partial charge in [0.2, 0.25) is 0 Å². The molecule has 1 N–H and O–H groups in total. The molecule has 0 aromatic carbocycles. The van der Waals surface area contributed by atoms with E-state index >= 15 is 0 Å². The highest BCUT2D eigenvalue weighted by Crippen LogP contribution is 2.52. The molecule has 4 atom stereocenters. The molecule has 1 saturated carbocycles. The summed E-state index contributed by atoms with van der Waals surface area (Å²) >= 11 is 1.73. The molecule has 2 aliphatic rings. The Morgan fingerprint density at radius 3 is 3.12 bits per heavy atom. The fourth-order valence-electron chi connectivity index (χ4n) is 3.45. The molecule has 3 rings (SSSR count). The molecule has 2 heterocycles. The molecular weight excluding hydrogens is 232 g/mol. The summed E-state index contributed by atoms with van der Waals surface area (Å²) in [6.45, 7) is 7.76. The van der Waals surface area contributed by atoms with E-state index in [0.717, 1.165) is 6.61 Å². The quantitative estimate of drug-likeness (QED) is 0.898. The van der Waals surface area contributed by atoms with Crippen LogP contribution in [0.2, 0.25) is 0 Å². The summed E-state index contributed by atoms with van der Waals surface area (Å²) in [4.78, 5) is 4.39. The molecule has 1 aromatic heterocycles. The number of aromatic nitrogens is 1. The van der Waals surface area contributed by atoms with Crippen molar-refractivity contribution in [1.29, 1.82) is 0 Å². The molecule has 3 nitrogen and oxygen atoms in total. The number of thiazole rings is 1. The van der Waals surface area contributed by atoms with Crippen molar-refractivity contribution in [2.75, 3.05) is 6.61 Å². The van der Waals surface area contributed by atoms with E-state index in [1.165, 1.54) is 11.4 Å². The fourth-order valence-corrected chi connectivity index (χ4v) is 4.11. The third-order valence-electron chi connectivity index (χ3n) is 4.35. The Hall–Kier alpha value is -0.450. The minimum Gasteiger partial charge on any atom is -0.377 e. The monoisotopic (exact) mass is 252 g/mol. The van der Waals surface area contributed by atoms with Crippen LogP contribution in [0.15, 0.2) is 11.6 Å². The predicted octanol–water partition coefficient (Wildman–Crippen LogP) is 2.61. The van der Waals surface area contributed by atoms with Gasteiger partial charge < -0.3 is 10.1 Å². The summed E-state index contributed by atoms with van der Waals surface area (Å²) in [5.74, 6) is 0.701. The summed E-state index contributed by atoms with van der Waals surface area (Å²) < 4.78 is 5.82. The SMILES string of the molecule is CC(NC1C2CCOC2C1(C)C)c1nccs1. The summed E-state index contributed by atoms with van der Waals surface area (Å²) in [7, 11) is 0. The fraction of sp³-hybridized carbons (Fsp3) is 0.769.